The predicted octanol–water partition coefficient (Wildman–Crippen LogP) is 3.96. The number of benzene rings is 2. The van der Waals surface area contributed by atoms with Gasteiger partial charge in [-0.3, -0.25) is 0 Å². The number of nitrogens with zero attached hydrogens (tertiary/aromatic N) is 1. The summed E-state index contributed by atoms with van der Waals surface area (Å²) in [7, 11) is 1.67. The van der Waals surface area contributed by atoms with Crippen molar-refractivity contribution in [3.8, 4) is 11.5 Å². The molecule has 2 heterocycles. The van der Waals surface area contributed by atoms with E-state index in [4.69, 9.17) is 13.9 Å². The summed E-state index contributed by atoms with van der Waals surface area (Å²) < 4.78 is 17.0. The van der Waals surface area contributed by atoms with Gasteiger partial charge in [-0.2, -0.15) is 0 Å². The molecule has 5 rings (SSSR count). The van der Waals surface area contributed by atoms with Gasteiger partial charge >= 0.3 is 5.63 Å². The van der Waals surface area contributed by atoms with E-state index in [9.17, 15) is 4.79 Å². The lowest BCUT2D eigenvalue weighted by molar-refractivity contribution is 0.287. The number of anilines is 1. The molecular formula is C22H21NO4. The van der Waals surface area contributed by atoms with Crippen molar-refractivity contribution in [2.24, 2.45) is 0 Å². The highest BCUT2D eigenvalue weighted by Gasteiger charge is 2.26. The van der Waals surface area contributed by atoms with Gasteiger partial charge in [0, 0.05) is 34.3 Å². The van der Waals surface area contributed by atoms with Crippen LogP contribution in [-0.2, 0) is 19.4 Å². The first-order chi connectivity index (χ1) is 13.2. The topological polar surface area (TPSA) is 51.9 Å². The Labute approximate surface area is 157 Å². The fraction of sp³-hybridized carbons (Fsp3) is 0.318. The molecule has 0 fully saturated rings. The molecule has 5 heteroatoms. The molecule has 2 aliphatic rings. The number of hydrogen-bond acceptors (Lipinski definition) is 5. The highest BCUT2D eigenvalue weighted by atomic mass is 16.5. The zero-order chi connectivity index (χ0) is 18.5. The SMILES string of the molecule is COc1ccc(N2COc3c(cc4c5c(c(=O)oc4c3C)CCC5)C2)cc1. The zero-order valence-corrected chi connectivity index (χ0v) is 15.5. The van der Waals surface area contributed by atoms with Crippen molar-refractivity contribution in [3.05, 3.63) is 63.0 Å². The number of ether oxygens (including phenoxy) is 2. The molecule has 0 saturated heterocycles. The maximum Gasteiger partial charge on any atom is 0.339 e. The van der Waals surface area contributed by atoms with Gasteiger partial charge in [0.1, 0.15) is 17.1 Å². The van der Waals surface area contributed by atoms with Crippen LogP contribution < -0.4 is 20.0 Å². The molecule has 1 aromatic heterocycles. The molecule has 0 radical (unpaired) electrons. The summed E-state index contributed by atoms with van der Waals surface area (Å²) in [6, 6.07) is 10.1. The summed E-state index contributed by atoms with van der Waals surface area (Å²) in [6.07, 6.45) is 2.78. The van der Waals surface area contributed by atoms with Crippen molar-refractivity contribution in [1.29, 1.82) is 0 Å². The maximum absolute atomic E-state index is 12.3. The fourth-order valence-electron chi connectivity index (χ4n) is 4.30. The second kappa shape index (κ2) is 6.05. The molecule has 1 aliphatic heterocycles. The molecule has 5 nitrogen and oxygen atoms in total. The number of fused-ring (bicyclic) bond motifs is 4. The van der Waals surface area contributed by atoms with Crippen LogP contribution in [0.25, 0.3) is 11.0 Å². The summed E-state index contributed by atoms with van der Waals surface area (Å²) in [5.74, 6) is 1.68. The van der Waals surface area contributed by atoms with E-state index in [2.05, 4.69) is 11.0 Å². The Balaban J connectivity index is 1.60. The lowest BCUT2D eigenvalue weighted by atomic mass is 9.99. The van der Waals surface area contributed by atoms with E-state index >= 15 is 0 Å². The molecular weight excluding hydrogens is 342 g/mol. The largest absolute Gasteiger partial charge is 0.497 e. The molecule has 0 amide bonds. The molecule has 2 aromatic carbocycles. The van der Waals surface area contributed by atoms with Crippen LogP contribution >= 0.6 is 0 Å². The van der Waals surface area contributed by atoms with Gasteiger partial charge in [-0.25, -0.2) is 4.79 Å². The van der Waals surface area contributed by atoms with Crippen molar-refractivity contribution in [3.63, 3.8) is 0 Å². The molecule has 1 aliphatic carbocycles. The van der Waals surface area contributed by atoms with Crippen molar-refractivity contribution in [2.75, 3.05) is 18.7 Å². The molecule has 0 unspecified atom stereocenters. The van der Waals surface area contributed by atoms with E-state index in [0.29, 0.717) is 12.3 Å². The smallest absolute Gasteiger partial charge is 0.339 e. The summed E-state index contributed by atoms with van der Waals surface area (Å²) >= 11 is 0. The first-order valence-electron chi connectivity index (χ1n) is 9.28. The summed E-state index contributed by atoms with van der Waals surface area (Å²) in [6.45, 7) is 3.20. The average Bonchev–Trinajstić information content (AvgIpc) is 3.20. The van der Waals surface area contributed by atoms with Gasteiger partial charge in [-0.05, 0) is 62.1 Å². The van der Waals surface area contributed by atoms with Crippen LogP contribution in [0.15, 0.2) is 39.5 Å². The summed E-state index contributed by atoms with van der Waals surface area (Å²) in [5, 5.41) is 1.07. The number of methoxy groups -OCH3 is 1. The third-order valence-corrected chi connectivity index (χ3v) is 5.68. The van der Waals surface area contributed by atoms with Gasteiger partial charge in [0.25, 0.3) is 0 Å². The van der Waals surface area contributed by atoms with Crippen LogP contribution in [-0.4, -0.2) is 13.8 Å². The zero-order valence-electron chi connectivity index (χ0n) is 15.5. The Morgan fingerprint density at radius 2 is 1.89 bits per heavy atom. The third-order valence-electron chi connectivity index (χ3n) is 5.68. The second-order valence-electron chi connectivity index (χ2n) is 7.24. The molecule has 27 heavy (non-hydrogen) atoms. The van der Waals surface area contributed by atoms with Gasteiger partial charge < -0.3 is 18.8 Å². The summed E-state index contributed by atoms with van der Waals surface area (Å²) in [4.78, 5) is 14.5. The minimum atomic E-state index is -0.186. The normalized spacial score (nSPS) is 15.4. The van der Waals surface area contributed by atoms with E-state index < -0.39 is 0 Å². The Kier molecular flexibility index (Phi) is 3.64. The van der Waals surface area contributed by atoms with Crippen molar-refractivity contribution < 1.29 is 13.9 Å². The highest BCUT2D eigenvalue weighted by molar-refractivity contribution is 5.87. The predicted molar refractivity (Wildman–Crippen MR) is 104 cm³/mol. The van der Waals surface area contributed by atoms with Gasteiger partial charge in [-0.15, -0.1) is 0 Å². The Morgan fingerprint density at radius 1 is 1.11 bits per heavy atom. The lowest BCUT2D eigenvalue weighted by Gasteiger charge is -2.32. The van der Waals surface area contributed by atoms with Gasteiger partial charge in [-0.1, -0.05) is 0 Å². The Bertz CT molecular complexity index is 1100. The molecule has 138 valence electrons. The van der Waals surface area contributed by atoms with Gasteiger partial charge in [0.15, 0.2) is 6.73 Å². The molecule has 0 atom stereocenters. The van der Waals surface area contributed by atoms with E-state index in [1.165, 1.54) is 0 Å². The van der Waals surface area contributed by atoms with Crippen molar-refractivity contribution in [2.45, 2.75) is 32.7 Å². The Hall–Kier alpha value is -2.95. The molecule has 0 N–H and O–H groups in total. The number of hydrogen-bond donors (Lipinski definition) is 0. The van der Waals surface area contributed by atoms with Gasteiger partial charge in [0.2, 0.25) is 0 Å². The second-order valence-corrected chi connectivity index (χ2v) is 7.24. The first-order valence-corrected chi connectivity index (χ1v) is 9.28. The van der Waals surface area contributed by atoms with Crippen LogP contribution in [0.3, 0.4) is 0 Å². The van der Waals surface area contributed by atoms with Crippen LogP contribution in [0, 0.1) is 6.92 Å². The maximum atomic E-state index is 12.3. The highest BCUT2D eigenvalue weighted by Crippen LogP contribution is 2.39. The fourth-order valence-corrected chi connectivity index (χ4v) is 4.30. The van der Waals surface area contributed by atoms with Crippen LogP contribution in [0.5, 0.6) is 11.5 Å². The van der Waals surface area contributed by atoms with Crippen LogP contribution in [0.4, 0.5) is 5.69 Å². The minimum absolute atomic E-state index is 0.186. The minimum Gasteiger partial charge on any atom is -0.497 e. The molecule has 0 saturated carbocycles. The quantitative estimate of drug-likeness (QED) is 0.645. The number of rotatable bonds is 2. The van der Waals surface area contributed by atoms with Gasteiger partial charge in [0.05, 0.1) is 7.11 Å². The van der Waals surface area contributed by atoms with E-state index in [-0.39, 0.29) is 5.63 Å². The molecule has 0 spiro atoms. The molecule has 0 bridgehead atoms. The lowest BCUT2D eigenvalue weighted by Crippen LogP contribution is -2.32. The van der Waals surface area contributed by atoms with Crippen molar-refractivity contribution >= 4 is 16.7 Å². The monoisotopic (exact) mass is 363 g/mol. The Morgan fingerprint density at radius 3 is 2.67 bits per heavy atom. The van der Waals surface area contributed by atoms with E-state index in [1.54, 1.807) is 7.11 Å². The van der Waals surface area contributed by atoms with Crippen LogP contribution in [0.1, 0.15) is 28.7 Å². The van der Waals surface area contributed by atoms with Crippen molar-refractivity contribution in [1.82, 2.24) is 0 Å². The third kappa shape index (κ3) is 2.49. The average molecular weight is 363 g/mol. The summed E-state index contributed by atoms with van der Waals surface area (Å²) in [5.41, 5.74) is 5.64. The van der Waals surface area contributed by atoms with E-state index in [0.717, 1.165) is 70.6 Å². The number of aryl methyl sites for hydroxylation is 2. The first kappa shape index (κ1) is 16.2. The molecule has 3 aromatic rings. The van der Waals surface area contributed by atoms with E-state index in [1.807, 2.05) is 31.2 Å². The van der Waals surface area contributed by atoms with Crippen LogP contribution in [0.2, 0.25) is 0 Å². The standard InChI is InChI=1S/C22H21NO4/c1-13-20-14(10-19-17-4-3-5-18(17)22(24)27-21(13)19)11-23(12-26-20)15-6-8-16(25-2)9-7-15/h6-10H,3-5,11-12H2,1-2H3.